The molecule has 5 nitrogen and oxygen atoms in total. The molecule has 0 aliphatic carbocycles. The largest absolute Gasteiger partial charge is 0.455 e. The molecule has 0 bridgehead atoms. The smallest absolute Gasteiger partial charge is 0.341 e. The topological polar surface area (TPSA) is 54.0 Å². The van der Waals surface area contributed by atoms with Gasteiger partial charge in [0.2, 0.25) is 0 Å². The zero-order valence-corrected chi connectivity index (χ0v) is 12.5. The molecule has 114 valence electrons. The molecule has 0 unspecified atom stereocenters. The highest BCUT2D eigenvalue weighted by atomic mass is 16.8. The monoisotopic (exact) mass is 292 g/mol. The van der Waals surface area contributed by atoms with Gasteiger partial charge in [0.05, 0.1) is 13.2 Å². The first-order chi connectivity index (χ1) is 9.91. The Hall–Kier alpha value is -1.43. The van der Waals surface area contributed by atoms with Crippen LogP contribution in [0.1, 0.15) is 26.3 Å². The third-order valence-corrected chi connectivity index (χ3v) is 3.81. The van der Waals surface area contributed by atoms with Crippen LogP contribution < -0.4 is 0 Å². The number of benzene rings is 1. The van der Waals surface area contributed by atoms with E-state index in [0.717, 1.165) is 5.56 Å². The third-order valence-electron chi connectivity index (χ3n) is 3.81. The molecule has 3 atom stereocenters. The van der Waals surface area contributed by atoms with Gasteiger partial charge in [-0.25, -0.2) is 4.79 Å². The van der Waals surface area contributed by atoms with Crippen LogP contribution in [0.2, 0.25) is 0 Å². The SMILES string of the molecule is CC1(C)O[C@@H]2[C@@H](COCc3ccccc3)OC(=O)[C@]2(C)O1. The van der Waals surface area contributed by atoms with Crippen molar-refractivity contribution in [3.05, 3.63) is 35.9 Å². The van der Waals surface area contributed by atoms with Crippen molar-refractivity contribution in [1.82, 2.24) is 0 Å². The van der Waals surface area contributed by atoms with Crippen LogP contribution in [-0.4, -0.2) is 36.2 Å². The maximum absolute atomic E-state index is 12.0. The predicted molar refractivity (Wildman–Crippen MR) is 74.4 cm³/mol. The summed E-state index contributed by atoms with van der Waals surface area (Å²) in [6, 6.07) is 9.86. The number of hydrogen-bond donors (Lipinski definition) is 0. The van der Waals surface area contributed by atoms with Crippen molar-refractivity contribution in [3.63, 3.8) is 0 Å². The normalized spacial score (nSPS) is 33.8. The highest BCUT2D eigenvalue weighted by Crippen LogP contribution is 2.43. The summed E-state index contributed by atoms with van der Waals surface area (Å²) in [7, 11) is 0. The highest BCUT2D eigenvalue weighted by Gasteiger charge is 2.64. The molecule has 0 radical (unpaired) electrons. The van der Waals surface area contributed by atoms with Gasteiger partial charge in [0, 0.05) is 0 Å². The number of fused-ring (bicyclic) bond motifs is 1. The number of hydrogen-bond acceptors (Lipinski definition) is 5. The zero-order chi connectivity index (χ0) is 15.1. The minimum absolute atomic E-state index is 0.292. The summed E-state index contributed by atoms with van der Waals surface area (Å²) < 4.78 is 22.5. The lowest BCUT2D eigenvalue weighted by molar-refractivity contribution is -0.199. The van der Waals surface area contributed by atoms with Crippen molar-refractivity contribution in [1.29, 1.82) is 0 Å². The number of cyclic esters (lactones) is 1. The molecule has 21 heavy (non-hydrogen) atoms. The number of carbonyl (C=O) groups is 1. The van der Waals surface area contributed by atoms with E-state index in [1.54, 1.807) is 20.8 Å². The van der Waals surface area contributed by atoms with Gasteiger partial charge in [0.1, 0.15) is 6.10 Å². The fourth-order valence-electron chi connectivity index (χ4n) is 2.90. The van der Waals surface area contributed by atoms with Crippen LogP contribution in [0.5, 0.6) is 0 Å². The van der Waals surface area contributed by atoms with Crippen LogP contribution in [0.15, 0.2) is 30.3 Å². The van der Waals surface area contributed by atoms with E-state index in [4.69, 9.17) is 18.9 Å². The number of esters is 1. The molecule has 1 aromatic carbocycles. The van der Waals surface area contributed by atoms with Gasteiger partial charge in [-0.15, -0.1) is 0 Å². The second-order valence-corrected chi connectivity index (χ2v) is 6.09. The van der Waals surface area contributed by atoms with Crippen molar-refractivity contribution in [2.45, 2.75) is 51.0 Å². The van der Waals surface area contributed by atoms with Gasteiger partial charge in [-0.2, -0.15) is 0 Å². The molecule has 2 heterocycles. The van der Waals surface area contributed by atoms with Crippen LogP contribution in [0.4, 0.5) is 0 Å². The van der Waals surface area contributed by atoms with Gasteiger partial charge in [0.25, 0.3) is 0 Å². The minimum atomic E-state index is -1.04. The van der Waals surface area contributed by atoms with E-state index >= 15 is 0 Å². The Morgan fingerprint density at radius 2 is 1.90 bits per heavy atom. The van der Waals surface area contributed by atoms with E-state index < -0.39 is 23.6 Å². The van der Waals surface area contributed by atoms with Crippen molar-refractivity contribution in [2.75, 3.05) is 6.61 Å². The molecule has 2 saturated heterocycles. The molecular formula is C16H20O5. The Morgan fingerprint density at radius 1 is 1.19 bits per heavy atom. The van der Waals surface area contributed by atoms with Gasteiger partial charge in [0.15, 0.2) is 17.5 Å². The summed E-state index contributed by atoms with van der Waals surface area (Å²) in [4.78, 5) is 12.0. The molecule has 2 fully saturated rings. The summed E-state index contributed by atoms with van der Waals surface area (Å²) in [6.45, 7) is 6.08. The van der Waals surface area contributed by atoms with Crippen molar-refractivity contribution >= 4 is 5.97 Å². The molecule has 3 rings (SSSR count). The predicted octanol–water partition coefficient (Wildman–Crippen LogP) is 2.04. The number of rotatable bonds is 4. The Balaban J connectivity index is 1.61. The van der Waals surface area contributed by atoms with E-state index in [0.29, 0.717) is 13.2 Å². The maximum atomic E-state index is 12.0. The lowest BCUT2D eigenvalue weighted by Gasteiger charge is -2.21. The second kappa shape index (κ2) is 5.09. The Morgan fingerprint density at radius 3 is 2.62 bits per heavy atom. The third kappa shape index (κ3) is 2.69. The quantitative estimate of drug-likeness (QED) is 0.795. The molecule has 1 aromatic rings. The van der Waals surface area contributed by atoms with Crippen LogP contribution in [0.3, 0.4) is 0 Å². The minimum Gasteiger partial charge on any atom is -0.455 e. The second-order valence-electron chi connectivity index (χ2n) is 6.09. The van der Waals surface area contributed by atoms with Crippen molar-refractivity contribution in [2.24, 2.45) is 0 Å². The molecule has 5 heteroatoms. The summed E-state index contributed by atoms with van der Waals surface area (Å²) in [5.41, 5.74) is 0.0399. The van der Waals surface area contributed by atoms with Gasteiger partial charge in [-0.1, -0.05) is 30.3 Å². The van der Waals surface area contributed by atoms with E-state index in [-0.39, 0.29) is 5.97 Å². The van der Waals surface area contributed by atoms with E-state index in [1.165, 1.54) is 0 Å². The summed E-state index contributed by atoms with van der Waals surface area (Å²) in [5.74, 6) is -1.16. The van der Waals surface area contributed by atoms with Crippen molar-refractivity contribution < 1.29 is 23.7 Å². The first-order valence-corrected chi connectivity index (χ1v) is 7.11. The summed E-state index contributed by atoms with van der Waals surface area (Å²) in [6.07, 6.45) is -0.872. The molecule has 0 amide bonds. The Bertz CT molecular complexity index is 527. The van der Waals surface area contributed by atoms with Crippen LogP contribution in [-0.2, 0) is 30.3 Å². The van der Waals surface area contributed by atoms with Crippen LogP contribution in [0.25, 0.3) is 0 Å². The first-order valence-electron chi connectivity index (χ1n) is 7.11. The summed E-state index contributed by atoms with van der Waals surface area (Å²) >= 11 is 0. The zero-order valence-electron chi connectivity index (χ0n) is 12.5. The van der Waals surface area contributed by atoms with E-state index in [1.807, 2.05) is 30.3 Å². The lowest BCUT2D eigenvalue weighted by atomic mass is 9.99. The average molecular weight is 292 g/mol. The molecular weight excluding hydrogens is 272 g/mol. The molecule has 0 saturated carbocycles. The Kier molecular flexibility index (Phi) is 3.51. The average Bonchev–Trinajstić information content (AvgIpc) is 2.80. The number of ether oxygens (including phenoxy) is 4. The van der Waals surface area contributed by atoms with E-state index in [2.05, 4.69) is 0 Å². The molecule has 0 aromatic heterocycles. The van der Waals surface area contributed by atoms with Gasteiger partial charge in [-0.05, 0) is 26.3 Å². The van der Waals surface area contributed by atoms with Crippen LogP contribution in [0, 0.1) is 0 Å². The Labute approximate surface area is 124 Å². The first kappa shape index (κ1) is 14.5. The molecule has 2 aliphatic rings. The lowest BCUT2D eigenvalue weighted by Crippen LogP contribution is -2.41. The maximum Gasteiger partial charge on any atom is 0.341 e. The molecule has 0 spiro atoms. The molecule has 2 aliphatic heterocycles. The van der Waals surface area contributed by atoms with Gasteiger partial charge >= 0.3 is 5.97 Å². The van der Waals surface area contributed by atoms with Crippen molar-refractivity contribution in [3.8, 4) is 0 Å². The van der Waals surface area contributed by atoms with Gasteiger partial charge in [-0.3, -0.25) is 0 Å². The number of carbonyl (C=O) groups excluding carboxylic acids is 1. The fraction of sp³-hybridized carbons (Fsp3) is 0.562. The summed E-state index contributed by atoms with van der Waals surface area (Å²) in [5, 5.41) is 0. The van der Waals surface area contributed by atoms with Crippen LogP contribution >= 0.6 is 0 Å². The fourth-order valence-corrected chi connectivity index (χ4v) is 2.90. The molecule has 0 N–H and O–H groups in total. The van der Waals surface area contributed by atoms with Gasteiger partial charge < -0.3 is 18.9 Å². The highest BCUT2D eigenvalue weighted by molar-refractivity contribution is 5.83. The standard InChI is InChI=1S/C16H20O5/c1-15(2)20-13-12(19-14(17)16(13,3)21-15)10-18-9-11-7-5-4-6-8-11/h4-8,12-13H,9-10H2,1-3H3/t12-,13-,16-/m1/s1. The van der Waals surface area contributed by atoms with E-state index in [9.17, 15) is 4.79 Å².